The van der Waals surface area contributed by atoms with Crippen molar-refractivity contribution in [1.29, 1.82) is 0 Å². The summed E-state index contributed by atoms with van der Waals surface area (Å²) in [6, 6.07) is 5.59. The molecule has 0 saturated carbocycles. The Morgan fingerprint density at radius 3 is 2.63 bits per heavy atom. The summed E-state index contributed by atoms with van der Waals surface area (Å²) in [5.74, 6) is -1.99. The molecule has 146 valence electrons. The summed E-state index contributed by atoms with van der Waals surface area (Å²) in [6.45, 7) is 2.92. The summed E-state index contributed by atoms with van der Waals surface area (Å²) in [5, 5.41) is 20.2. The van der Waals surface area contributed by atoms with Crippen molar-refractivity contribution in [2.45, 2.75) is 25.9 Å². The van der Waals surface area contributed by atoms with Crippen LogP contribution in [0.15, 0.2) is 24.3 Å². The molecule has 0 spiro atoms. The van der Waals surface area contributed by atoms with Gasteiger partial charge in [-0.25, -0.2) is 13.4 Å². The van der Waals surface area contributed by atoms with Crippen LogP contribution >= 0.6 is 0 Å². The number of phenols is 1. The molecule has 1 amide bonds. The van der Waals surface area contributed by atoms with E-state index in [0.717, 1.165) is 0 Å². The van der Waals surface area contributed by atoms with Gasteiger partial charge in [0.05, 0.1) is 12.2 Å². The molecule has 1 aliphatic rings. The van der Waals surface area contributed by atoms with Crippen molar-refractivity contribution in [3.63, 3.8) is 0 Å². The number of phenolic OH excluding ortho intramolecular Hbond substituents is 1. The molecule has 1 heterocycles. The zero-order valence-electron chi connectivity index (χ0n) is 14.7. The molecule has 1 fully saturated rings. The minimum atomic E-state index is -4.25. The second-order valence-electron chi connectivity index (χ2n) is 6.89. The molecule has 1 aliphatic heterocycles. The van der Waals surface area contributed by atoms with Crippen molar-refractivity contribution < 1.29 is 32.6 Å². The maximum atomic E-state index is 14.9. The van der Waals surface area contributed by atoms with Gasteiger partial charge in [-0.3, -0.25) is 4.79 Å². The fraction of sp³-hybridized carbons (Fsp3) is 0.353. The predicted molar refractivity (Wildman–Crippen MR) is 96.4 cm³/mol. The van der Waals surface area contributed by atoms with Gasteiger partial charge >= 0.3 is 10.2 Å². The topological polar surface area (TPSA) is 116 Å². The smallest absolute Gasteiger partial charge is 0.326 e. The molecular formula is C17H19FN2O6S. The number of aromatic hydroxyl groups is 1. The molecule has 3 rings (SSSR count). The Kier molecular flexibility index (Phi) is 4.64. The molecule has 0 unspecified atom stereocenters. The number of nitrogens with zero attached hydrogens (tertiary/aromatic N) is 1. The van der Waals surface area contributed by atoms with Gasteiger partial charge in [0.25, 0.3) is 5.91 Å². The lowest BCUT2D eigenvalue weighted by Gasteiger charge is -2.19. The second kappa shape index (κ2) is 6.54. The Labute approximate surface area is 155 Å². The van der Waals surface area contributed by atoms with E-state index in [2.05, 4.69) is 0 Å². The van der Waals surface area contributed by atoms with Crippen LogP contribution in [0.25, 0.3) is 10.8 Å². The highest BCUT2D eigenvalue weighted by Crippen LogP contribution is 2.39. The Balaban J connectivity index is 1.96. The monoisotopic (exact) mass is 398 g/mol. The van der Waals surface area contributed by atoms with E-state index in [1.165, 1.54) is 24.3 Å². The zero-order valence-corrected chi connectivity index (χ0v) is 15.5. The number of hydrogen-bond acceptors (Lipinski definition) is 6. The lowest BCUT2D eigenvalue weighted by molar-refractivity contribution is -0.117. The minimum Gasteiger partial charge on any atom is -0.506 e. The number of anilines is 1. The predicted octanol–water partition coefficient (Wildman–Crippen LogP) is 1.41. The first-order valence-corrected chi connectivity index (χ1v) is 9.56. The highest BCUT2D eigenvalue weighted by molar-refractivity contribution is 7.92. The van der Waals surface area contributed by atoms with Crippen LogP contribution in [0.3, 0.4) is 0 Å². The van der Waals surface area contributed by atoms with Gasteiger partial charge < -0.3 is 14.9 Å². The molecule has 3 N–H and O–H groups in total. The third kappa shape index (κ3) is 3.91. The number of halogens is 1. The Hall–Kier alpha value is -2.59. The molecule has 0 aliphatic carbocycles. The number of amides is 1. The summed E-state index contributed by atoms with van der Waals surface area (Å²) in [7, 11) is -4.25. The van der Waals surface area contributed by atoms with E-state index in [-0.39, 0.29) is 12.0 Å². The van der Waals surface area contributed by atoms with Crippen LogP contribution in [0.5, 0.6) is 11.5 Å². The number of hydrogen-bond donors (Lipinski definition) is 3. The molecule has 2 aromatic carbocycles. The summed E-state index contributed by atoms with van der Waals surface area (Å²) in [5.41, 5.74) is -1.47. The summed E-state index contributed by atoms with van der Waals surface area (Å²) >= 11 is 0. The molecule has 0 bridgehead atoms. The maximum absolute atomic E-state index is 14.9. The van der Waals surface area contributed by atoms with E-state index in [1.54, 1.807) is 18.6 Å². The van der Waals surface area contributed by atoms with E-state index in [0.29, 0.717) is 21.9 Å². The zero-order chi connectivity index (χ0) is 20.0. The van der Waals surface area contributed by atoms with Crippen molar-refractivity contribution in [2.24, 2.45) is 0 Å². The van der Waals surface area contributed by atoms with Crippen LogP contribution in [-0.4, -0.2) is 43.3 Å². The molecule has 2 aromatic rings. The average molecular weight is 398 g/mol. The first-order chi connectivity index (χ1) is 12.5. The Morgan fingerprint density at radius 2 is 2.04 bits per heavy atom. The fourth-order valence-electron chi connectivity index (χ4n) is 2.71. The summed E-state index contributed by atoms with van der Waals surface area (Å²) < 4.78 is 46.5. The normalized spacial score (nSPS) is 16.6. The highest BCUT2D eigenvalue weighted by Gasteiger charge is 2.37. The first kappa shape index (κ1) is 19.2. The van der Waals surface area contributed by atoms with Gasteiger partial charge in [0.15, 0.2) is 5.82 Å². The fourth-order valence-corrected chi connectivity index (χ4v) is 3.87. The number of fused-ring (bicyclic) bond motifs is 1. The first-order valence-electron chi connectivity index (χ1n) is 8.12. The van der Waals surface area contributed by atoms with Gasteiger partial charge in [0, 0.05) is 11.8 Å². The van der Waals surface area contributed by atoms with E-state index < -0.39 is 45.5 Å². The maximum Gasteiger partial charge on any atom is 0.326 e. The summed E-state index contributed by atoms with van der Waals surface area (Å²) in [6.07, 6.45) is 0.386. The van der Waals surface area contributed by atoms with Crippen molar-refractivity contribution in [3.8, 4) is 11.5 Å². The van der Waals surface area contributed by atoms with Gasteiger partial charge in [-0.05, 0) is 43.5 Å². The largest absolute Gasteiger partial charge is 0.506 e. The van der Waals surface area contributed by atoms with Crippen LogP contribution in [0, 0.1) is 5.82 Å². The lowest BCUT2D eigenvalue weighted by atomic mass is 10.1. The molecule has 0 aromatic heterocycles. The van der Waals surface area contributed by atoms with Crippen LogP contribution in [0.2, 0.25) is 0 Å². The number of benzene rings is 2. The van der Waals surface area contributed by atoms with Gasteiger partial charge in [-0.15, -0.1) is 0 Å². The third-order valence-electron chi connectivity index (χ3n) is 4.05. The van der Waals surface area contributed by atoms with Crippen molar-refractivity contribution in [1.82, 2.24) is 4.72 Å². The van der Waals surface area contributed by atoms with Gasteiger partial charge in [-0.2, -0.15) is 8.42 Å². The van der Waals surface area contributed by atoms with Crippen molar-refractivity contribution >= 4 is 32.6 Å². The highest BCUT2D eigenvalue weighted by atomic mass is 32.2. The summed E-state index contributed by atoms with van der Waals surface area (Å²) in [4.78, 5) is 11.4. The molecule has 0 radical (unpaired) electrons. The standard InChI is InChI=1S/C17H19FN2O6S/c1-17(2,23)5-6-26-11-3-4-12-10(7-11)8-13(21)16(15(12)18)20-9-14(22)19-27(20,24)25/h3-4,7-8,21,23H,5-6,9H2,1-2H3,(H,19,22). The van der Waals surface area contributed by atoms with Crippen LogP contribution in [0.1, 0.15) is 20.3 Å². The van der Waals surface area contributed by atoms with Crippen molar-refractivity contribution in [2.75, 3.05) is 17.5 Å². The SMILES string of the molecule is CC(C)(O)CCOc1ccc2c(F)c(N3CC(=O)NS3(=O)=O)c(O)cc2c1. The Bertz CT molecular complexity index is 1020. The molecule has 8 nitrogen and oxygen atoms in total. The quantitative estimate of drug-likeness (QED) is 0.701. The van der Waals surface area contributed by atoms with Gasteiger partial charge in [0.1, 0.15) is 23.7 Å². The average Bonchev–Trinajstić information content (AvgIpc) is 2.78. The molecule has 10 heteroatoms. The van der Waals surface area contributed by atoms with Crippen LogP contribution in [0.4, 0.5) is 10.1 Å². The second-order valence-corrected chi connectivity index (χ2v) is 8.48. The van der Waals surface area contributed by atoms with Crippen molar-refractivity contribution in [3.05, 3.63) is 30.1 Å². The number of ether oxygens (including phenoxy) is 1. The number of rotatable bonds is 5. The number of aliphatic hydroxyl groups is 1. The molecular weight excluding hydrogens is 379 g/mol. The molecule has 1 saturated heterocycles. The van der Waals surface area contributed by atoms with E-state index >= 15 is 0 Å². The van der Waals surface area contributed by atoms with E-state index in [9.17, 15) is 27.8 Å². The number of carbonyl (C=O) groups excluding carboxylic acids is 1. The number of nitrogens with one attached hydrogen (secondary N) is 1. The van der Waals surface area contributed by atoms with Crippen LogP contribution < -0.4 is 13.8 Å². The third-order valence-corrected chi connectivity index (χ3v) is 5.43. The molecule has 27 heavy (non-hydrogen) atoms. The Morgan fingerprint density at radius 1 is 1.33 bits per heavy atom. The lowest BCUT2D eigenvalue weighted by Crippen LogP contribution is -2.30. The minimum absolute atomic E-state index is 0.0622. The van der Waals surface area contributed by atoms with E-state index in [1.807, 2.05) is 0 Å². The van der Waals surface area contributed by atoms with Gasteiger partial charge in [-0.1, -0.05) is 0 Å². The number of carbonyl (C=O) groups is 1. The van der Waals surface area contributed by atoms with E-state index in [4.69, 9.17) is 4.74 Å². The van der Waals surface area contributed by atoms with Crippen LogP contribution in [-0.2, 0) is 15.0 Å². The molecule has 0 atom stereocenters. The van der Waals surface area contributed by atoms with Gasteiger partial charge in [0.2, 0.25) is 0 Å².